The summed E-state index contributed by atoms with van der Waals surface area (Å²) in [7, 11) is 0. The minimum Gasteiger partial charge on any atom is -0.341 e. The summed E-state index contributed by atoms with van der Waals surface area (Å²) in [6.07, 6.45) is 5.69. The van der Waals surface area contributed by atoms with E-state index >= 15 is 0 Å². The Morgan fingerprint density at radius 1 is 1.14 bits per heavy atom. The summed E-state index contributed by atoms with van der Waals surface area (Å²) >= 11 is 0. The first kappa shape index (κ1) is 18.5. The van der Waals surface area contributed by atoms with E-state index in [4.69, 9.17) is 0 Å². The van der Waals surface area contributed by atoms with Gasteiger partial charge in [-0.2, -0.15) is 0 Å². The summed E-state index contributed by atoms with van der Waals surface area (Å²) in [6.45, 7) is 16.4. The van der Waals surface area contributed by atoms with Crippen LogP contribution in [0.5, 0.6) is 0 Å². The van der Waals surface area contributed by atoms with E-state index in [9.17, 15) is 4.79 Å². The summed E-state index contributed by atoms with van der Waals surface area (Å²) in [6, 6.07) is 0. The lowest BCUT2D eigenvalue weighted by Gasteiger charge is -2.54. The molecule has 0 N–H and O–H groups in total. The highest BCUT2D eigenvalue weighted by Gasteiger charge is 2.46. The van der Waals surface area contributed by atoms with E-state index in [-0.39, 0.29) is 0 Å². The van der Waals surface area contributed by atoms with E-state index in [0.717, 1.165) is 25.9 Å². The lowest BCUT2D eigenvalue weighted by Crippen LogP contribution is -2.62. The monoisotopic (exact) mass is 296 g/mol. The normalized spacial score (nSPS) is 22.2. The third kappa shape index (κ3) is 4.98. The summed E-state index contributed by atoms with van der Waals surface area (Å²) in [5.41, 5.74) is 0.482. The fourth-order valence-electron chi connectivity index (χ4n) is 3.39. The largest absolute Gasteiger partial charge is 0.341 e. The molecule has 1 amide bonds. The Morgan fingerprint density at radius 2 is 1.71 bits per heavy atom. The molecule has 3 heteroatoms. The number of piperidine rings is 1. The Kier molecular flexibility index (Phi) is 7.72. The molecule has 2 saturated heterocycles. The first-order chi connectivity index (χ1) is 10.1. The molecule has 2 heterocycles. The molecule has 124 valence electrons. The van der Waals surface area contributed by atoms with Gasteiger partial charge in [-0.15, -0.1) is 0 Å². The molecular weight excluding hydrogens is 260 g/mol. The van der Waals surface area contributed by atoms with Crippen LogP contribution in [0.3, 0.4) is 0 Å². The van der Waals surface area contributed by atoms with Crippen LogP contribution in [0.1, 0.15) is 66.7 Å². The predicted octanol–water partition coefficient (Wildman–Crippen LogP) is 3.78. The predicted molar refractivity (Wildman–Crippen MR) is 90.4 cm³/mol. The minimum absolute atomic E-state index is 0.385. The molecule has 2 rings (SSSR count). The molecule has 0 radical (unpaired) electrons. The van der Waals surface area contributed by atoms with Crippen molar-refractivity contribution in [2.45, 2.75) is 66.7 Å². The number of hydrogen-bond donors (Lipinski definition) is 0. The molecule has 0 aromatic heterocycles. The van der Waals surface area contributed by atoms with Crippen molar-refractivity contribution in [3.05, 3.63) is 0 Å². The number of carbonyl (C=O) groups is 1. The molecule has 0 aromatic carbocycles. The quantitative estimate of drug-likeness (QED) is 0.771. The maximum atomic E-state index is 12.1. The van der Waals surface area contributed by atoms with Crippen LogP contribution in [0.4, 0.5) is 0 Å². The fourth-order valence-corrected chi connectivity index (χ4v) is 3.39. The van der Waals surface area contributed by atoms with E-state index in [1.807, 2.05) is 13.8 Å². The Balaban J connectivity index is 0.00000106. The molecule has 1 atom stereocenters. The number of hydrogen-bond acceptors (Lipinski definition) is 2. The maximum Gasteiger partial charge on any atom is 0.222 e. The lowest BCUT2D eigenvalue weighted by molar-refractivity contribution is -0.147. The van der Waals surface area contributed by atoms with Crippen LogP contribution in [-0.4, -0.2) is 48.4 Å². The average Bonchev–Trinajstić information content (AvgIpc) is 2.48. The lowest BCUT2D eigenvalue weighted by atomic mass is 9.71. The van der Waals surface area contributed by atoms with Gasteiger partial charge in [-0.25, -0.2) is 0 Å². The fraction of sp³-hybridized carbons (Fsp3) is 0.944. The Morgan fingerprint density at radius 3 is 2.19 bits per heavy atom. The second-order valence-corrected chi connectivity index (χ2v) is 6.81. The van der Waals surface area contributed by atoms with Gasteiger partial charge in [0.2, 0.25) is 5.91 Å². The number of carbonyl (C=O) groups excluding carboxylic acids is 1. The van der Waals surface area contributed by atoms with Gasteiger partial charge < -0.3 is 9.80 Å². The van der Waals surface area contributed by atoms with Crippen molar-refractivity contribution < 1.29 is 4.79 Å². The van der Waals surface area contributed by atoms with Crippen LogP contribution in [0.15, 0.2) is 0 Å². The molecule has 2 aliphatic rings. The first-order valence-corrected chi connectivity index (χ1v) is 9.08. The zero-order valence-electron chi connectivity index (χ0n) is 15.0. The molecular formula is C18H36N2O. The van der Waals surface area contributed by atoms with E-state index in [1.165, 1.54) is 38.9 Å². The van der Waals surface area contributed by atoms with Crippen LogP contribution in [0, 0.1) is 11.3 Å². The Labute approximate surface area is 132 Å². The third-order valence-electron chi connectivity index (χ3n) is 5.08. The van der Waals surface area contributed by atoms with E-state index in [0.29, 0.717) is 17.2 Å². The Hall–Kier alpha value is -0.570. The average molecular weight is 296 g/mol. The SMILES string of the molecule is CC.CCCN1CCC2(CC1)CN(C(=O)CC(C)CC)C2. The number of nitrogens with zero attached hydrogens (tertiary/aromatic N) is 2. The van der Waals surface area contributed by atoms with Crippen molar-refractivity contribution in [3.8, 4) is 0 Å². The van der Waals surface area contributed by atoms with Crippen molar-refractivity contribution in [3.63, 3.8) is 0 Å². The summed E-state index contributed by atoms with van der Waals surface area (Å²) in [5, 5.41) is 0. The molecule has 21 heavy (non-hydrogen) atoms. The van der Waals surface area contributed by atoms with Crippen molar-refractivity contribution >= 4 is 5.91 Å². The second kappa shape index (κ2) is 8.77. The maximum absolute atomic E-state index is 12.1. The van der Waals surface area contributed by atoms with E-state index in [2.05, 4.69) is 30.6 Å². The van der Waals surface area contributed by atoms with Crippen molar-refractivity contribution in [1.29, 1.82) is 0 Å². The summed E-state index contributed by atoms with van der Waals surface area (Å²) in [4.78, 5) is 16.8. The number of likely N-dealkylation sites (tertiary alicyclic amines) is 2. The summed E-state index contributed by atoms with van der Waals surface area (Å²) in [5.74, 6) is 0.923. The molecule has 0 aromatic rings. The second-order valence-electron chi connectivity index (χ2n) is 6.81. The van der Waals surface area contributed by atoms with Gasteiger partial charge in [0.15, 0.2) is 0 Å². The zero-order chi connectivity index (χ0) is 15.9. The van der Waals surface area contributed by atoms with Crippen LogP contribution >= 0.6 is 0 Å². The van der Waals surface area contributed by atoms with Gasteiger partial charge in [0.25, 0.3) is 0 Å². The smallest absolute Gasteiger partial charge is 0.222 e. The highest BCUT2D eigenvalue weighted by atomic mass is 16.2. The zero-order valence-corrected chi connectivity index (χ0v) is 15.0. The highest BCUT2D eigenvalue weighted by molar-refractivity contribution is 5.77. The topological polar surface area (TPSA) is 23.6 Å². The molecule has 0 aliphatic carbocycles. The molecule has 3 nitrogen and oxygen atoms in total. The van der Waals surface area contributed by atoms with Gasteiger partial charge in [0, 0.05) is 24.9 Å². The van der Waals surface area contributed by atoms with Gasteiger partial charge in [0.1, 0.15) is 0 Å². The van der Waals surface area contributed by atoms with Crippen molar-refractivity contribution in [2.75, 3.05) is 32.7 Å². The van der Waals surface area contributed by atoms with Crippen LogP contribution in [0.25, 0.3) is 0 Å². The van der Waals surface area contributed by atoms with Gasteiger partial charge in [0.05, 0.1) is 0 Å². The van der Waals surface area contributed by atoms with E-state index < -0.39 is 0 Å². The Bertz CT molecular complexity index is 300. The standard InChI is InChI=1S/C16H30N2O.C2H6/c1-4-8-17-9-6-16(7-10-17)12-18(13-16)15(19)11-14(3)5-2;1-2/h14H,4-13H2,1-3H3;1-2H3. The third-order valence-corrected chi connectivity index (χ3v) is 5.08. The molecule has 2 fully saturated rings. The van der Waals surface area contributed by atoms with Crippen LogP contribution < -0.4 is 0 Å². The first-order valence-electron chi connectivity index (χ1n) is 9.08. The van der Waals surface area contributed by atoms with Crippen molar-refractivity contribution in [1.82, 2.24) is 9.80 Å². The van der Waals surface area contributed by atoms with Crippen LogP contribution in [-0.2, 0) is 4.79 Å². The molecule has 2 aliphatic heterocycles. The van der Waals surface area contributed by atoms with Crippen LogP contribution in [0.2, 0.25) is 0 Å². The highest BCUT2D eigenvalue weighted by Crippen LogP contribution is 2.40. The minimum atomic E-state index is 0.385. The van der Waals surface area contributed by atoms with Gasteiger partial charge in [-0.05, 0) is 44.8 Å². The van der Waals surface area contributed by atoms with Crippen molar-refractivity contribution in [2.24, 2.45) is 11.3 Å². The molecule has 0 bridgehead atoms. The van der Waals surface area contributed by atoms with Gasteiger partial charge >= 0.3 is 0 Å². The van der Waals surface area contributed by atoms with E-state index in [1.54, 1.807) is 0 Å². The number of rotatable bonds is 5. The molecule has 1 spiro atoms. The molecule has 0 saturated carbocycles. The van der Waals surface area contributed by atoms with Gasteiger partial charge in [-0.3, -0.25) is 4.79 Å². The number of amides is 1. The van der Waals surface area contributed by atoms with Gasteiger partial charge in [-0.1, -0.05) is 41.0 Å². The summed E-state index contributed by atoms with van der Waals surface area (Å²) < 4.78 is 0. The molecule has 1 unspecified atom stereocenters.